The molecule has 1 atom stereocenters. The Bertz CT molecular complexity index is 4080. The van der Waals surface area contributed by atoms with Gasteiger partial charge in [-0.1, -0.05) is 99.7 Å². The van der Waals surface area contributed by atoms with Crippen LogP contribution in [0.1, 0.15) is 102 Å². The minimum absolute atomic E-state index is 0.00547. The second-order valence-electron chi connectivity index (χ2n) is 19.0. The van der Waals surface area contributed by atoms with Gasteiger partial charge in [-0.05, 0) is 154 Å². The number of carbonyl (C=O) groups is 2. The highest BCUT2D eigenvalue weighted by Crippen LogP contribution is 2.53. The van der Waals surface area contributed by atoms with Crippen LogP contribution in [-0.2, 0) is 35.5 Å². The Hall–Kier alpha value is -7.49. The molecule has 1 N–H and O–H groups in total. The predicted octanol–water partition coefficient (Wildman–Crippen LogP) is 13.1. The van der Waals surface area contributed by atoms with E-state index in [0.717, 1.165) is 27.5 Å². The van der Waals surface area contributed by atoms with Crippen LogP contribution in [0, 0.1) is 18.8 Å². The number of carbonyl (C=O) groups excluding carboxylic acids is 2. The van der Waals surface area contributed by atoms with Crippen LogP contribution in [0.5, 0.6) is 23.0 Å². The number of rotatable bonds is 15. The van der Waals surface area contributed by atoms with Crippen LogP contribution < -0.4 is 14.4 Å². The topological polar surface area (TPSA) is 194 Å². The normalized spacial score (nSPS) is 13.4. The van der Waals surface area contributed by atoms with E-state index >= 15 is 9.59 Å². The van der Waals surface area contributed by atoms with Gasteiger partial charge in [-0.15, -0.1) is 0 Å². The molecule has 1 aliphatic heterocycles. The van der Waals surface area contributed by atoms with Crippen molar-refractivity contribution in [3.05, 3.63) is 167 Å². The number of amides is 2. The zero-order valence-corrected chi connectivity index (χ0v) is 43.7. The summed E-state index contributed by atoms with van der Waals surface area (Å²) in [5, 5.41) is 4.68. The number of ether oxygens (including phenoxy) is 2. The van der Waals surface area contributed by atoms with Crippen LogP contribution in [-0.4, -0.2) is 48.6 Å². The minimum atomic E-state index is -4.55. The molecule has 0 aromatic heterocycles. The highest BCUT2D eigenvalue weighted by molar-refractivity contribution is 7.86. The summed E-state index contributed by atoms with van der Waals surface area (Å²) in [4.78, 5) is 32.0. The van der Waals surface area contributed by atoms with Crippen LogP contribution in [0.3, 0.4) is 0 Å². The molecule has 13 nitrogen and oxygen atoms in total. The second kappa shape index (κ2) is 20.0. The van der Waals surface area contributed by atoms with Crippen LogP contribution >= 0.6 is 0 Å². The van der Waals surface area contributed by atoms with Gasteiger partial charge in [0, 0.05) is 38.4 Å². The molecule has 0 aliphatic carbocycles. The number of fused-ring (bicyclic) bond motifs is 2. The molecule has 9 aromatic carbocycles. The molecule has 1 unspecified atom stereocenters. The Morgan fingerprint density at radius 3 is 1.72 bits per heavy atom. The molecule has 0 saturated heterocycles. The van der Waals surface area contributed by atoms with Gasteiger partial charge in [-0.3, -0.25) is 22.5 Å². The molecule has 2 amide bonds. The summed E-state index contributed by atoms with van der Waals surface area (Å²) in [6, 6.07) is 36.0. The van der Waals surface area contributed by atoms with E-state index in [2.05, 4.69) is 11.8 Å². The number of aryl methyl sites for hydroxylation is 1. The number of benzene rings is 9. The van der Waals surface area contributed by atoms with Gasteiger partial charge in [0.05, 0.1) is 33.2 Å². The molecule has 0 radical (unpaired) electrons. The second-order valence-corrected chi connectivity index (χ2v) is 23.0. The highest BCUT2D eigenvalue weighted by atomic mass is 32.2. The monoisotopic (exact) mass is 1060 g/mol. The van der Waals surface area contributed by atoms with E-state index in [9.17, 15) is 30.1 Å². The number of hydrogen-bond acceptors (Lipinski definition) is 11. The number of unbranched alkanes of at least 4 members (excludes halogenated alkanes) is 2. The zero-order chi connectivity index (χ0) is 53.1. The van der Waals surface area contributed by atoms with E-state index in [1.165, 1.54) is 65.6 Å². The van der Waals surface area contributed by atoms with Crippen molar-refractivity contribution in [3.63, 3.8) is 0 Å². The third-order valence-corrected chi connectivity index (χ3v) is 16.3. The number of anilines is 1. The van der Waals surface area contributed by atoms with Crippen molar-refractivity contribution < 1.29 is 53.4 Å². The first-order chi connectivity index (χ1) is 35.8. The summed E-state index contributed by atoms with van der Waals surface area (Å²) in [6.07, 6.45) is 1.45. The molecule has 0 spiro atoms. The molecule has 0 saturated carbocycles. The van der Waals surface area contributed by atoms with Crippen molar-refractivity contribution >= 4 is 91.9 Å². The van der Waals surface area contributed by atoms with Crippen molar-refractivity contribution in [2.45, 2.75) is 80.4 Å². The van der Waals surface area contributed by atoms with E-state index in [-0.39, 0.29) is 67.3 Å². The molecule has 1 aliphatic rings. The standard InChI is InChI=1S/C59H49NO12S3/c1-34(2)43-13-10-14-44(35(3)4)57(43)60-58(61)48-32-50(72-39-22-28-41(29-23-39)74(65,66)67)54-46-16-11-15-45-37(12-8-6-7-9-31-70-75(68,69)42-26-17-36(5)18-27-42)19-30-47(52(45)46)55-51(33-49(59(60)62)53(48)56(54)55)71-38-20-24-40(25-21-38)73(63)64/h10-11,13-30,32-35H,6-7,9,31H2,1-5H3,(H,63,64)(H,65,66,67)/p-1. The van der Waals surface area contributed by atoms with Crippen LogP contribution in [0.15, 0.2) is 148 Å². The first-order valence-corrected chi connectivity index (χ1v) is 28.1. The maximum Gasteiger partial charge on any atom is 0.296 e. The molecule has 1 heterocycles. The summed E-state index contributed by atoms with van der Waals surface area (Å²) in [5.74, 6) is 6.08. The van der Waals surface area contributed by atoms with Gasteiger partial charge in [0.2, 0.25) is 0 Å². The Balaban J connectivity index is 1.17. The Morgan fingerprint density at radius 2 is 1.16 bits per heavy atom. The Labute approximate surface area is 436 Å². The summed E-state index contributed by atoms with van der Waals surface area (Å²) in [6.45, 7) is 9.85. The van der Waals surface area contributed by atoms with Crippen molar-refractivity contribution in [3.8, 4) is 34.8 Å². The van der Waals surface area contributed by atoms with E-state index in [1.54, 1.807) is 24.3 Å². The van der Waals surface area contributed by atoms with E-state index < -0.39 is 43.1 Å². The largest absolute Gasteiger partial charge is 0.768 e. The smallest absolute Gasteiger partial charge is 0.296 e. The first kappa shape index (κ1) is 51.0. The summed E-state index contributed by atoms with van der Waals surface area (Å²) in [5.41, 5.74) is 4.00. The zero-order valence-electron chi connectivity index (χ0n) is 41.3. The lowest BCUT2D eigenvalue weighted by Gasteiger charge is -2.33. The van der Waals surface area contributed by atoms with Crippen molar-refractivity contribution in [2.24, 2.45) is 0 Å². The average molecular weight is 1060 g/mol. The summed E-state index contributed by atoms with van der Waals surface area (Å²) in [7, 11) is -8.46. The van der Waals surface area contributed by atoms with Crippen LogP contribution in [0.2, 0.25) is 0 Å². The highest BCUT2D eigenvalue weighted by Gasteiger charge is 2.40. The minimum Gasteiger partial charge on any atom is -0.768 e. The van der Waals surface area contributed by atoms with E-state index in [0.29, 0.717) is 62.8 Å². The van der Waals surface area contributed by atoms with Crippen LogP contribution in [0.25, 0.3) is 43.1 Å². The lowest BCUT2D eigenvalue weighted by molar-refractivity contribution is 0.0892. The van der Waals surface area contributed by atoms with E-state index in [4.69, 9.17) is 13.7 Å². The van der Waals surface area contributed by atoms with Gasteiger partial charge in [-0.25, -0.2) is 4.90 Å². The van der Waals surface area contributed by atoms with E-state index in [1.807, 2.05) is 83.1 Å². The quantitative estimate of drug-likeness (QED) is 0.0149. The van der Waals surface area contributed by atoms with Gasteiger partial charge in [0.1, 0.15) is 23.0 Å². The Kier molecular flexibility index (Phi) is 13.6. The number of hydrogen-bond donors (Lipinski definition) is 1. The van der Waals surface area contributed by atoms with Crippen molar-refractivity contribution in [1.82, 2.24) is 0 Å². The molecule has 0 fully saturated rings. The van der Waals surface area contributed by atoms with Gasteiger partial charge in [-0.2, -0.15) is 16.8 Å². The average Bonchev–Trinajstić information content (AvgIpc) is 3.41. The molecule has 75 heavy (non-hydrogen) atoms. The third-order valence-electron chi connectivity index (χ3n) is 13.4. The maximum atomic E-state index is 15.5. The Morgan fingerprint density at radius 1 is 0.627 bits per heavy atom. The fourth-order valence-electron chi connectivity index (χ4n) is 9.83. The number of imide groups is 1. The van der Waals surface area contributed by atoms with Crippen molar-refractivity contribution in [2.75, 3.05) is 11.5 Å². The fraction of sp³-hybridized carbons (Fsp3) is 0.186. The van der Waals surface area contributed by atoms with Gasteiger partial charge < -0.3 is 14.0 Å². The number of nitrogens with zero attached hydrogens (tertiary/aromatic N) is 1. The lowest BCUT2D eigenvalue weighted by Crippen LogP contribution is -2.42. The van der Waals surface area contributed by atoms with Gasteiger partial charge in [0.25, 0.3) is 32.1 Å². The number of para-hydroxylation sites is 1. The molecule has 16 heteroatoms. The summed E-state index contributed by atoms with van der Waals surface area (Å²) >= 11 is -2.51. The molecular weight excluding hydrogens is 1010 g/mol. The molecule has 10 rings (SSSR count). The summed E-state index contributed by atoms with van der Waals surface area (Å²) < 4.78 is 102. The van der Waals surface area contributed by atoms with Gasteiger partial charge in [0.15, 0.2) is 0 Å². The van der Waals surface area contributed by atoms with Gasteiger partial charge >= 0.3 is 0 Å². The maximum absolute atomic E-state index is 15.5. The third kappa shape index (κ3) is 9.52. The molecule has 0 bridgehead atoms. The SMILES string of the molecule is Cc1ccc(S(=O)(=O)OCCCCC#Cc2ccc3c4c(Oc5ccc(S(=O)[O-])cc5)cc5c6c(cc(Oc7ccc(S(=O)(=O)O)cc7)c(c7cccc2c73)c64)C(=O)N(c2c(C(C)C)cccc2C(C)C)C5=O)cc1. The predicted molar refractivity (Wildman–Crippen MR) is 288 cm³/mol. The molecule has 380 valence electrons. The first-order valence-electron chi connectivity index (χ1n) is 24.2. The molecular formula is C59H48NO12S3-. The lowest BCUT2D eigenvalue weighted by atomic mass is 9.82. The molecule has 9 aromatic rings. The van der Waals surface area contributed by atoms with Crippen LogP contribution in [0.4, 0.5) is 5.69 Å². The van der Waals surface area contributed by atoms with Crippen molar-refractivity contribution in [1.29, 1.82) is 0 Å². The fourth-order valence-corrected chi connectivity index (χ4v) is 11.6.